The van der Waals surface area contributed by atoms with Crippen LogP contribution in [-0.2, 0) is 6.54 Å². The monoisotopic (exact) mass is 356 g/mol. The van der Waals surface area contributed by atoms with E-state index in [0.29, 0.717) is 0 Å². The van der Waals surface area contributed by atoms with E-state index < -0.39 is 0 Å². The second kappa shape index (κ2) is 7.54. The number of hydrogen-bond donors (Lipinski definition) is 0. The van der Waals surface area contributed by atoms with Gasteiger partial charge in [-0.3, -0.25) is 0 Å². The number of nitrogens with zero attached hydrogens (tertiary/aromatic N) is 2. The Balaban J connectivity index is 1.45. The van der Waals surface area contributed by atoms with Crippen molar-refractivity contribution in [2.24, 2.45) is 0 Å². The van der Waals surface area contributed by atoms with Crippen molar-refractivity contribution in [3.8, 4) is 0 Å². The quantitative estimate of drug-likeness (QED) is 0.429. The van der Waals surface area contributed by atoms with Crippen LogP contribution in [0.25, 0.3) is 22.4 Å². The number of aromatic nitrogens is 1. The lowest BCUT2D eigenvalue weighted by Crippen LogP contribution is -2.15. The fourth-order valence-electron chi connectivity index (χ4n) is 2.92. The van der Waals surface area contributed by atoms with Crippen molar-refractivity contribution in [2.75, 3.05) is 11.9 Å². The molecule has 0 atom stereocenters. The SMILES string of the molecule is CN(Cc1ccccc1)c1ccc(/C=C/c2nc3ccccc3s2)cc1. The molecular formula is C23H20N2S. The van der Waals surface area contributed by atoms with Crippen LogP contribution in [0.15, 0.2) is 78.9 Å². The smallest absolute Gasteiger partial charge is 0.117 e. The van der Waals surface area contributed by atoms with Crippen LogP contribution in [0.5, 0.6) is 0 Å². The summed E-state index contributed by atoms with van der Waals surface area (Å²) in [5, 5.41) is 1.04. The van der Waals surface area contributed by atoms with Gasteiger partial charge in [0.25, 0.3) is 0 Å². The van der Waals surface area contributed by atoms with E-state index in [-0.39, 0.29) is 0 Å². The topological polar surface area (TPSA) is 16.1 Å². The largest absolute Gasteiger partial charge is 0.370 e. The van der Waals surface area contributed by atoms with Gasteiger partial charge in [0.05, 0.1) is 10.2 Å². The highest BCUT2D eigenvalue weighted by molar-refractivity contribution is 7.19. The lowest BCUT2D eigenvalue weighted by Gasteiger charge is -2.19. The first-order valence-electron chi connectivity index (χ1n) is 8.67. The summed E-state index contributed by atoms with van der Waals surface area (Å²) in [5.41, 5.74) is 4.77. The van der Waals surface area contributed by atoms with Crippen LogP contribution < -0.4 is 4.90 Å². The van der Waals surface area contributed by atoms with Crippen molar-refractivity contribution in [1.82, 2.24) is 4.98 Å². The van der Waals surface area contributed by atoms with E-state index in [2.05, 4.69) is 102 Å². The Morgan fingerprint density at radius 3 is 2.35 bits per heavy atom. The van der Waals surface area contributed by atoms with Crippen LogP contribution >= 0.6 is 11.3 Å². The number of thiazole rings is 1. The Morgan fingerprint density at radius 2 is 1.58 bits per heavy atom. The molecule has 1 heterocycles. The van der Waals surface area contributed by atoms with E-state index in [1.54, 1.807) is 11.3 Å². The fraction of sp³-hybridized carbons (Fsp3) is 0.0870. The van der Waals surface area contributed by atoms with Gasteiger partial charge in [-0.2, -0.15) is 0 Å². The lowest BCUT2D eigenvalue weighted by atomic mass is 10.1. The van der Waals surface area contributed by atoms with Gasteiger partial charge in [-0.05, 0) is 41.5 Å². The number of para-hydroxylation sites is 1. The predicted molar refractivity (Wildman–Crippen MR) is 114 cm³/mol. The van der Waals surface area contributed by atoms with Crippen molar-refractivity contribution in [1.29, 1.82) is 0 Å². The maximum atomic E-state index is 4.64. The minimum atomic E-state index is 0.904. The molecule has 0 N–H and O–H groups in total. The summed E-state index contributed by atoms with van der Waals surface area (Å²) in [5.74, 6) is 0. The highest BCUT2D eigenvalue weighted by atomic mass is 32.1. The highest BCUT2D eigenvalue weighted by Gasteiger charge is 2.02. The van der Waals surface area contributed by atoms with Crippen LogP contribution in [-0.4, -0.2) is 12.0 Å². The molecule has 0 aliphatic rings. The summed E-state index contributed by atoms with van der Waals surface area (Å²) in [6, 6.07) is 27.4. The van der Waals surface area contributed by atoms with Gasteiger partial charge in [-0.15, -0.1) is 11.3 Å². The molecule has 0 aliphatic carbocycles. The zero-order valence-electron chi connectivity index (χ0n) is 14.7. The molecule has 0 unspecified atom stereocenters. The molecule has 128 valence electrons. The van der Waals surface area contributed by atoms with Gasteiger partial charge in [0.2, 0.25) is 0 Å². The minimum Gasteiger partial charge on any atom is -0.370 e. The third-order valence-corrected chi connectivity index (χ3v) is 5.33. The van der Waals surface area contributed by atoms with Gasteiger partial charge >= 0.3 is 0 Å². The molecule has 0 saturated heterocycles. The highest BCUT2D eigenvalue weighted by Crippen LogP contribution is 2.23. The first kappa shape index (κ1) is 16.6. The van der Waals surface area contributed by atoms with Gasteiger partial charge in [-0.1, -0.05) is 60.7 Å². The molecule has 0 amide bonds. The van der Waals surface area contributed by atoms with E-state index in [1.807, 2.05) is 6.07 Å². The Morgan fingerprint density at radius 1 is 0.846 bits per heavy atom. The van der Waals surface area contributed by atoms with Crippen LogP contribution in [0.4, 0.5) is 5.69 Å². The number of rotatable bonds is 5. The summed E-state index contributed by atoms with van der Waals surface area (Å²) < 4.78 is 1.23. The molecule has 4 aromatic rings. The normalized spacial score (nSPS) is 11.3. The molecule has 0 saturated carbocycles. The van der Waals surface area contributed by atoms with Crippen LogP contribution in [0.3, 0.4) is 0 Å². The summed E-state index contributed by atoms with van der Waals surface area (Å²) in [7, 11) is 2.12. The van der Waals surface area contributed by atoms with E-state index in [4.69, 9.17) is 0 Å². The van der Waals surface area contributed by atoms with E-state index in [0.717, 1.165) is 17.1 Å². The van der Waals surface area contributed by atoms with Crippen molar-refractivity contribution in [3.63, 3.8) is 0 Å². The van der Waals surface area contributed by atoms with Gasteiger partial charge in [-0.25, -0.2) is 4.98 Å². The van der Waals surface area contributed by atoms with E-state index >= 15 is 0 Å². The van der Waals surface area contributed by atoms with E-state index in [1.165, 1.54) is 21.5 Å². The molecular weight excluding hydrogens is 336 g/mol. The van der Waals surface area contributed by atoms with Gasteiger partial charge in [0, 0.05) is 19.3 Å². The van der Waals surface area contributed by atoms with Crippen LogP contribution in [0.2, 0.25) is 0 Å². The molecule has 2 nitrogen and oxygen atoms in total. The van der Waals surface area contributed by atoms with Crippen molar-refractivity contribution >= 4 is 39.4 Å². The Hall–Kier alpha value is -2.91. The fourth-order valence-corrected chi connectivity index (χ4v) is 3.79. The van der Waals surface area contributed by atoms with Crippen LogP contribution in [0.1, 0.15) is 16.1 Å². The third-order valence-electron chi connectivity index (χ3n) is 4.33. The van der Waals surface area contributed by atoms with Crippen molar-refractivity contribution in [3.05, 3.63) is 95.0 Å². The van der Waals surface area contributed by atoms with Crippen molar-refractivity contribution in [2.45, 2.75) is 6.54 Å². The molecule has 0 fully saturated rings. The molecule has 1 aromatic heterocycles. The summed E-state index contributed by atoms with van der Waals surface area (Å²) in [6.07, 6.45) is 4.21. The maximum Gasteiger partial charge on any atom is 0.117 e. The summed E-state index contributed by atoms with van der Waals surface area (Å²) in [4.78, 5) is 6.90. The predicted octanol–water partition coefficient (Wildman–Crippen LogP) is 6.10. The second-order valence-electron chi connectivity index (χ2n) is 6.29. The Labute approximate surface area is 158 Å². The molecule has 0 aliphatic heterocycles. The molecule has 26 heavy (non-hydrogen) atoms. The number of anilines is 1. The average Bonchev–Trinajstić information content (AvgIpc) is 3.10. The minimum absolute atomic E-state index is 0.904. The maximum absolute atomic E-state index is 4.64. The molecule has 4 rings (SSSR count). The Bertz CT molecular complexity index is 984. The zero-order chi connectivity index (χ0) is 17.8. The molecule has 0 spiro atoms. The molecule has 3 aromatic carbocycles. The van der Waals surface area contributed by atoms with Crippen LogP contribution in [0, 0.1) is 0 Å². The first-order chi connectivity index (χ1) is 12.8. The molecule has 3 heteroatoms. The van der Waals surface area contributed by atoms with Gasteiger partial charge in [0.1, 0.15) is 5.01 Å². The third kappa shape index (κ3) is 3.84. The Kier molecular flexibility index (Phi) is 4.80. The van der Waals surface area contributed by atoms with E-state index in [9.17, 15) is 0 Å². The van der Waals surface area contributed by atoms with Crippen molar-refractivity contribution < 1.29 is 0 Å². The average molecular weight is 356 g/mol. The van der Waals surface area contributed by atoms with Gasteiger partial charge < -0.3 is 4.90 Å². The lowest BCUT2D eigenvalue weighted by molar-refractivity contribution is 0.923. The van der Waals surface area contributed by atoms with Gasteiger partial charge in [0.15, 0.2) is 0 Å². The number of hydrogen-bond acceptors (Lipinski definition) is 3. The molecule has 0 bridgehead atoms. The number of benzene rings is 3. The molecule has 0 radical (unpaired) electrons. The summed E-state index contributed by atoms with van der Waals surface area (Å²) in [6.45, 7) is 0.904. The standard InChI is InChI=1S/C23H20N2S/c1-25(17-19-7-3-2-4-8-19)20-14-11-18(12-15-20)13-16-23-24-21-9-5-6-10-22(21)26-23/h2-16H,17H2,1H3/b16-13+. The zero-order valence-corrected chi connectivity index (χ0v) is 15.5. The first-order valence-corrected chi connectivity index (χ1v) is 9.48. The number of fused-ring (bicyclic) bond motifs is 1. The summed E-state index contributed by atoms with van der Waals surface area (Å²) >= 11 is 1.72. The second-order valence-corrected chi connectivity index (χ2v) is 7.35.